The number of nitrogens with one attached hydrogen (secondary N) is 1. The summed E-state index contributed by atoms with van der Waals surface area (Å²) in [7, 11) is 0. The molecule has 0 amide bonds. The van der Waals surface area contributed by atoms with Crippen molar-refractivity contribution in [1.29, 1.82) is 5.41 Å². The van der Waals surface area contributed by atoms with Gasteiger partial charge >= 0.3 is 0 Å². The lowest BCUT2D eigenvalue weighted by Gasteiger charge is -1.95. The van der Waals surface area contributed by atoms with Crippen molar-refractivity contribution in [2.75, 3.05) is 0 Å². The molecule has 0 atom stereocenters. The van der Waals surface area contributed by atoms with Crippen LogP contribution in [0.2, 0.25) is 0 Å². The predicted octanol–water partition coefficient (Wildman–Crippen LogP) is 2.55. The Bertz CT molecular complexity index is 152. The zero-order chi connectivity index (χ0) is 7.28. The maximum atomic E-state index is 6.77. The molecule has 0 aliphatic carbocycles. The minimum Gasteiger partial charge on any atom is -0.309 e. The summed E-state index contributed by atoms with van der Waals surface area (Å²) < 4.78 is 0. The number of allylic oxidation sites excluding steroid dienone is 4. The third-order valence-corrected chi connectivity index (χ3v) is 1.39. The maximum absolute atomic E-state index is 6.77. The zero-order valence-corrected chi connectivity index (χ0v) is 6.23. The summed E-state index contributed by atoms with van der Waals surface area (Å²) in [6, 6.07) is 0. The Morgan fingerprint density at radius 2 is 1.78 bits per heavy atom. The van der Waals surface area contributed by atoms with Gasteiger partial charge in [-0.1, -0.05) is 11.6 Å². The molecule has 0 rings (SSSR count). The minimum absolute atomic E-state index is 1.16. The third kappa shape index (κ3) is 2.85. The molecule has 1 nitrogen and oxygen atoms in total. The first-order valence-corrected chi connectivity index (χ1v) is 3.03. The van der Waals surface area contributed by atoms with Gasteiger partial charge in [0.25, 0.3) is 0 Å². The third-order valence-electron chi connectivity index (χ3n) is 1.39. The van der Waals surface area contributed by atoms with Gasteiger partial charge in [-0.3, -0.25) is 0 Å². The first-order valence-electron chi connectivity index (χ1n) is 3.03. The molecule has 1 heteroatoms. The first-order chi connectivity index (χ1) is 4.22. The highest BCUT2D eigenvalue weighted by atomic mass is 14.3. The largest absolute Gasteiger partial charge is 0.309 e. The van der Waals surface area contributed by atoms with E-state index in [1.165, 1.54) is 11.8 Å². The number of hydrogen-bond donors (Lipinski definition) is 1. The second-order valence-corrected chi connectivity index (χ2v) is 1.99. The Labute approximate surface area is 56.6 Å². The molecule has 0 unspecified atom stereocenters. The van der Waals surface area contributed by atoms with E-state index in [2.05, 4.69) is 0 Å². The van der Waals surface area contributed by atoms with Crippen LogP contribution in [0.4, 0.5) is 0 Å². The fourth-order valence-corrected chi connectivity index (χ4v) is 0.484. The van der Waals surface area contributed by atoms with Crippen LogP contribution < -0.4 is 0 Å². The quantitative estimate of drug-likeness (QED) is 0.431. The lowest BCUT2D eigenvalue weighted by molar-refractivity contribution is 1.33. The van der Waals surface area contributed by atoms with Crippen LogP contribution >= 0.6 is 0 Å². The minimum atomic E-state index is 1.16. The van der Waals surface area contributed by atoms with Crippen LogP contribution in [0.1, 0.15) is 20.8 Å². The summed E-state index contributed by atoms with van der Waals surface area (Å²) in [6.45, 7) is 6.03. The molecule has 9 heavy (non-hydrogen) atoms. The summed E-state index contributed by atoms with van der Waals surface area (Å²) in [4.78, 5) is 0. The molecule has 0 aromatic carbocycles. The normalized spacial score (nSPS) is 13.7. The van der Waals surface area contributed by atoms with Crippen molar-refractivity contribution < 1.29 is 0 Å². The van der Waals surface area contributed by atoms with E-state index in [0.717, 1.165) is 5.57 Å². The standard InChI is InChI=1S/C8H13N/c1-4-7(2)8(3)5-6-9/h4-6,9H,1-3H3. The molecule has 1 N–H and O–H groups in total. The van der Waals surface area contributed by atoms with Gasteiger partial charge in [0.1, 0.15) is 0 Å². The lowest BCUT2D eigenvalue weighted by atomic mass is 10.1. The van der Waals surface area contributed by atoms with Crippen LogP contribution in [0.3, 0.4) is 0 Å². The summed E-state index contributed by atoms with van der Waals surface area (Å²) in [5.41, 5.74) is 2.39. The summed E-state index contributed by atoms with van der Waals surface area (Å²) in [5.74, 6) is 0. The molecule has 0 aromatic rings. The maximum Gasteiger partial charge on any atom is 0.0180 e. The van der Waals surface area contributed by atoms with Crippen LogP contribution in [0.5, 0.6) is 0 Å². The second kappa shape index (κ2) is 4.07. The van der Waals surface area contributed by atoms with Gasteiger partial charge in [0.05, 0.1) is 0 Å². The highest BCUT2D eigenvalue weighted by Crippen LogP contribution is 2.05. The van der Waals surface area contributed by atoms with E-state index in [0.29, 0.717) is 0 Å². The molecule has 0 aliphatic rings. The second-order valence-electron chi connectivity index (χ2n) is 1.99. The highest BCUT2D eigenvalue weighted by Gasteiger charge is 1.86. The monoisotopic (exact) mass is 123 g/mol. The van der Waals surface area contributed by atoms with E-state index < -0.39 is 0 Å². The van der Waals surface area contributed by atoms with Gasteiger partial charge < -0.3 is 5.41 Å². The molecule has 0 spiro atoms. The van der Waals surface area contributed by atoms with E-state index in [1.54, 1.807) is 6.08 Å². The van der Waals surface area contributed by atoms with Gasteiger partial charge in [-0.05, 0) is 32.4 Å². The molecule has 0 fully saturated rings. The van der Waals surface area contributed by atoms with Crippen LogP contribution in [-0.4, -0.2) is 6.21 Å². The molecule has 0 saturated heterocycles. The lowest BCUT2D eigenvalue weighted by Crippen LogP contribution is -1.77. The summed E-state index contributed by atoms with van der Waals surface area (Å²) in [5, 5.41) is 6.77. The van der Waals surface area contributed by atoms with Crippen LogP contribution in [-0.2, 0) is 0 Å². The Morgan fingerprint density at radius 1 is 1.22 bits per heavy atom. The van der Waals surface area contributed by atoms with E-state index in [4.69, 9.17) is 5.41 Å². The van der Waals surface area contributed by atoms with E-state index >= 15 is 0 Å². The fraction of sp³-hybridized carbons (Fsp3) is 0.375. The van der Waals surface area contributed by atoms with E-state index in [-0.39, 0.29) is 0 Å². The molecule has 0 aliphatic heterocycles. The molecule has 0 bridgehead atoms. The van der Waals surface area contributed by atoms with Gasteiger partial charge in [-0.25, -0.2) is 0 Å². The van der Waals surface area contributed by atoms with Crippen molar-refractivity contribution in [3.05, 3.63) is 23.3 Å². The van der Waals surface area contributed by atoms with Crippen molar-refractivity contribution in [3.8, 4) is 0 Å². The van der Waals surface area contributed by atoms with Crippen molar-refractivity contribution in [1.82, 2.24) is 0 Å². The smallest absolute Gasteiger partial charge is 0.0180 e. The molecule has 50 valence electrons. The molecule has 0 radical (unpaired) electrons. The van der Waals surface area contributed by atoms with Crippen molar-refractivity contribution in [2.45, 2.75) is 20.8 Å². The van der Waals surface area contributed by atoms with Crippen LogP contribution in [0.25, 0.3) is 0 Å². The summed E-state index contributed by atoms with van der Waals surface area (Å²) in [6.07, 6.45) is 5.13. The highest BCUT2D eigenvalue weighted by molar-refractivity contribution is 5.70. The Morgan fingerprint density at radius 3 is 2.11 bits per heavy atom. The van der Waals surface area contributed by atoms with Crippen LogP contribution in [0.15, 0.2) is 23.3 Å². The van der Waals surface area contributed by atoms with Gasteiger partial charge in [0.2, 0.25) is 0 Å². The van der Waals surface area contributed by atoms with E-state index in [9.17, 15) is 0 Å². The van der Waals surface area contributed by atoms with Gasteiger partial charge in [-0.15, -0.1) is 0 Å². The van der Waals surface area contributed by atoms with E-state index in [1.807, 2.05) is 26.8 Å². The van der Waals surface area contributed by atoms with Crippen LogP contribution in [0, 0.1) is 5.41 Å². The Kier molecular flexibility index (Phi) is 3.69. The topological polar surface area (TPSA) is 23.9 Å². The van der Waals surface area contributed by atoms with Crippen molar-refractivity contribution in [3.63, 3.8) is 0 Å². The van der Waals surface area contributed by atoms with Gasteiger partial charge in [-0.2, -0.15) is 0 Å². The van der Waals surface area contributed by atoms with Gasteiger partial charge in [0, 0.05) is 6.21 Å². The first kappa shape index (κ1) is 8.15. The molecular formula is C8H13N. The average molecular weight is 123 g/mol. The number of hydrogen-bond acceptors (Lipinski definition) is 1. The summed E-state index contributed by atoms with van der Waals surface area (Å²) >= 11 is 0. The molecule has 0 saturated carbocycles. The molecule has 0 heterocycles. The van der Waals surface area contributed by atoms with Gasteiger partial charge in [0.15, 0.2) is 0 Å². The fourth-order valence-electron chi connectivity index (χ4n) is 0.484. The number of rotatable bonds is 2. The zero-order valence-electron chi connectivity index (χ0n) is 6.23. The van der Waals surface area contributed by atoms with Crippen molar-refractivity contribution >= 4 is 6.21 Å². The predicted molar refractivity (Wildman–Crippen MR) is 42.0 cm³/mol. The SMILES string of the molecule is CC=C(C)C(C)=CC=N. The Balaban J connectivity index is 4.19. The molecular weight excluding hydrogens is 110 g/mol. The average Bonchev–Trinajstić information content (AvgIpc) is 1.87. The molecule has 0 aromatic heterocycles. The Hall–Kier alpha value is -0.850. The van der Waals surface area contributed by atoms with Crippen molar-refractivity contribution in [2.24, 2.45) is 0 Å².